The van der Waals surface area contributed by atoms with Gasteiger partial charge in [-0.1, -0.05) is 0 Å². The predicted molar refractivity (Wildman–Crippen MR) is 112 cm³/mol. The van der Waals surface area contributed by atoms with Crippen molar-refractivity contribution in [2.24, 2.45) is 0 Å². The molecule has 10 nitrogen and oxygen atoms in total. The molecule has 4 heterocycles. The quantitative estimate of drug-likeness (QED) is 0.404. The zero-order valence-electron chi connectivity index (χ0n) is 16.8. The molecule has 3 aromatic heterocycles. The van der Waals surface area contributed by atoms with Crippen molar-refractivity contribution in [2.75, 3.05) is 18.4 Å². The predicted octanol–water partition coefficient (Wildman–Crippen LogP) is 2.85. The molecule has 13 heteroatoms. The first-order valence-corrected chi connectivity index (χ1v) is 11.6. The number of aromatic nitrogens is 4. The maximum Gasteiger partial charge on any atom is 0.552 e. The molecule has 1 aliphatic heterocycles. The fourth-order valence-corrected chi connectivity index (χ4v) is 4.18. The lowest BCUT2D eigenvalue weighted by atomic mass is 10.1. The Hall–Kier alpha value is -2.74. The van der Waals surface area contributed by atoms with Gasteiger partial charge in [-0.3, -0.25) is 0 Å². The number of nitrogens with zero attached hydrogens (tertiary/aromatic N) is 4. The number of pyridine rings is 1. The third-order valence-corrected chi connectivity index (χ3v) is 5.85. The number of piperidine rings is 1. The molecule has 1 saturated carbocycles. The molecule has 1 atom stereocenters. The molecule has 2 fully saturated rings. The van der Waals surface area contributed by atoms with Gasteiger partial charge in [-0.25, -0.2) is 27.4 Å². The lowest BCUT2D eigenvalue weighted by molar-refractivity contribution is 0.311. The molecule has 4 N–H and O–H groups in total. The van der Waals surface area contributed by atoms with E-state index in [9.17, 15) is 22.1 Å². The molecule has 0 radical (unpaired) electrons. The van der Waals surface area contributed by atoms with E-state index in [0.717, 1.165) is 38.3 Å². The smallest absolute Gasteiger partial charge is 0.364 e. The number of hydrogen-bond donors (Lipinski definition) is 4. The monoisotopic (exact) mass is 467 g/mol. The van der Waals surface area contributed by atoms with Gasteiger partial charge in [-0.15, -0.1) is 9.11 Å². The summed E-state index contributed by atoms with van der Waals surface area (Å²) in [6, 6.07) is 2.08. The first-order valence-electron chi connectivity index (χ1n) is 10.2. The van der Waals surface area contributed by atoms with E-state index in [0.29, 0.717) is 12.2 Å². The fraction of sp³-hybridized carbons (Fsp3) is 0.421. The molecule has 2 aliphatic rings. The van der Waals surface area contributed by atoms with E-state index in [1.165, 1.54) is 16.8 Å². The van der Waals surface area contributed by atoms with Crippen LogP contribution in [-0.4, -0.2) is 47.8 Å². The second-order valence-electron chi connectivity index (χ2n) is 7.95. The summed E-state index contributed by atoms with van der Waals surface area (Å²) < 4.78 is 64.9. The molecule has 3 aromatic rings. The maximum absolute atomic E-state index is 14.7. The minimum atomic E-state index is -4.51. The Kier molecular flexibility index (Phi) is 5.28. The van der Waals surface area contributed by atoms with E-state index >= 15 is 0 Å². The van der Waals surface area contributed by atoms with Crippen LogP contribution in [0.1, 0.15) is 37.3 Å². The summed E-state index contributed by atoms with van der Waals surface area (Å²) in [5.74, 6) is -1.85. The number of anilines is 1. The highest BCUT2D eigenvalue weighted by atomic mass is 32.3. The fourth-order valence-electron chi connectivity index (χ4n) is 3.81. The van der Waals surface area contributed by atoms with Gasteiger partial charge < -0.3 is 10.6 Å². The maximum atomic E-state index is 14.7. The van der Waals surface area contributed by atoms with Gasteiger partial charge in [0.05, 0.1) is 6.20 Å². The molecular formula is C19H21F2N6O4S+. The summed E-state index contributed by atoms with van der Waals surface area (Å²) in [6.45, 7) is 1.55. The molecule has 0 unspecified atom stereocenters. The van der Waals surface area contributed by atoms with Gasteiger partial charge in [0.2, 0.25) is 5.75 Å². The average molecular weight is 467 g/mol. The van der Waals surface area contributed by atoms with Crippen LogP contribution in [0.2, 0.25) is 0 Å². The van der Waals surface area contributed by atoms with Crippen molar-refractivity contribution in [3.63, 3.8) is 0 Å². The topological polar surface area (TPSA) is 134 Å². The van der Waals surface area contributed by atoms with Gasteiger partial charge in [0.25, 0.3) is 0 Å². The molecule has 0 aromatic carbocycles. The van der Waals surface area contributed by atoms with Crippen LogP contribution in [-0.2, 0) is 15.0 Å². The van der Waals surface area contributed by atoms with Crippen LogP contribution in [0.4, 0.5) is 14.6 Å². The third-order valence-electron chi connectivity index (χ3n) is 5.46. The standard InChI is InChI=1S/C19H20F2N6O4S/c20-12-6-13(21)19(24-11-2-1-5-22-8-11)25-18(12)14-9-23-16-7-15(31-32(28,29)30)17(10-3-4-10)26-27(14)16/h6-7,9-11,22H,1-5,8H2,(H2-,24,25,28,29,30)/p+1/t11-/m0/s1. The van der Waals surface area contributed by atoms with Crippen molar-refractivity contribution >= 4 is 22.2 Å². The molecule has 1 saturated heterocycles. The van der Waals surface area contributed by atoms with Gasteiger partial charge >= 0.3 is 10.8 Å². The number of halogens is 2. The van der Waals surface area contributed by atoms with Gasteiger partial charge in [0.1, 0.15) is 17.1 Å². The van der Waals surface area contributed by atoms with Crippen molar-refractivity contribution < 1.29 is 26.3 Å². The van der Waals surface area contributed by atoms with E-state index < -0.39 is 22.4 Å². The van der Waals surface area contributed by atoms with Crippen molar-refractivity contribution in [1.82, 2.24) is 24.9 Å². The zero-order chi connectivity index (χ0) is 22.5. The molecule has 1 aliphatic carbocycles. The van der Waals surface area contributed by atoms with E-state index in [-0.39, 0.29) is 40.6 Å². The van der Waals surface area contributed by atoms with E-state index in [1.807, 2.05) is 0 Å². The Morgan fingerprint density at radius 2 is 2.03 bits per heavy atom. The Balaban J connectivity index is 1.56. The van der Waals surface area contributed by atoms with Crippen LogP contribution in [0.3, 0.4) is 0 Å². The van der Waals surface area contributed by atoms with Gasteiger partial charge in [-0.05, 0) is 32.2 Å². The summed E-state index contributed by atoms with van der Waals surface area (Å²) in [7, 11) is -4.51. The minimum Gasteiger partial charge on any atom is -0.364 e. The zero-order valence-corrected chi connectivity index (χ0v) is 17.6. The molecule has 170 valence electrons. The number of imidazole rings is 1. The van der Waals surface area contributed by atoms with Gasteiger partial charge in [0, 0.05) is 34.8 Å². The van der Waals surface area contributed by atoms with Gasteiger partial charge in [-0.2, -0.15) is 5.10 Å². The van der Waals surface area contributed by atoms with Gasteiger partial charge in [0.15, 0.2) is 23.1 Å². The van der Waals surface area contributed by atoms with Crippen LogP contribution >= 0.6 is 0 Å². The molecule has 0 amide bonds. The molecule has 32 heavy (non-hydrogen) atoms. The van der Waals surface area contributed by atoms with Crippen LogP contribution in [0.25, 0.3) is 17.0 Å². The third kappa shape index (κ3) is 4.28. The number of nitrogens with one attached hydrogen (secondary N) is 2. The van der Waals surface area contributed by atoms with Crippen molar-refractivity contribution in [3.8, 4) is 17.1 Å². The van der Waals surface area contributed by atoms with Crippen LogP contribution in [0.5, 0.6) is 5.75 Å². The number of fused-ring (bicyclic) bond motifs is 1. The highest BCUT2D eigenvalue weighted by Crippen LogP contribution is 2.44. The number of rotatable bonds is 6. The summed E-state index contributed by atoms with van der Waals surface area (Å²) in [6.07, 6.45) is 4.66. The Morgan fingerprint density at radius 3 is 2.72 bits per heavy atom. The van der Waals surface area contributed by atoms with Crippen LogP contribution < -0.4 is 14.8 Å². The minimum absolute atomic E-state index is 0.0302. The largest absolute Gasteiger partial charge is 0.552 e. The van der Waals surface area contributed by atoms with E-state index in [4.69, 9.17) is 4.18 Å². The second kappa shape index (κ2) is 7.99. The summed E-state index contributed by atoms with van der Waals surface area (Å²) in [5.41, 5.74) is 0.562. The first kappa shape index (κ1) is 21.1. The summed E-state index contributed by atoms with van der Waals surface area (Å²) in [5, 5.41) is 10.7. The average Bonchev–Trinajstić information content (AvgIpc) is 3.50. The Labute approximate surface area is 182 Å². The Bertz CT molecular complexity index is 1220. The van der Waals surface area contributed by atoms with E-state index in [1.54, 1.807) is 0 Å². The SMILES string of the molecule is O=[S+](O)(O)Oc1cc2ncc(-c3nc(N[C@H]4CCCNC4)c(F)cc3F)n2nc1C1CC1. The summed E-state index contributed by atoms with van der Waals surface area (Å²) >= 11 is 0. The lowest BCUT2D eigenvalue weighted by Crippen LogP contribution is -2.38. The van der Waals surface area contributed by atoms with E-state index in [2.05, 4.69) is 25.7 Å². The Morgan fingerprint density at radius 1 is 1.22 bits per heavy atom. The van der Waals surface area contributed by atoms with Crippen molar-refractivity contribution in [2.45, 2.75) is 37.6 Å². The highest BCUT2D eigenvalue weighted by Gasteiger charge is 2.35. The normalized spacial score (nSPS) is 19.3. The molecule has 0 spiro atoms. The highest BCUT2D eigenvalue weighted by molar-refractivity contribution is 7.87. The molecular weight excluding hydrogens is 446 g/mol. The lowest BCUT2D eigenvalue weighted by Gasteiger charge is -2.24. The van der Waals surface area contributed by atoms with Crippen LogP contribution in [0, 0.1) is 11.6 Å². The van der Waals surface area contributed by atoms with Crippen molar-refractivity contribution in [3.05, 3.63) is 35.7 Å². The van der Waals surface area contributed by atoms with Crippen LogP contribution in [0.15, 0.2) is 18.3 Å². The molecule has 0 bridgehead atoms. The molecule has 5 rings (SSSR count). The summed E-state index contributed by atoms with van der Waals surface area (Å²) in [4.78, 5) is 8.33. The second-order valence-corrected chi connectivity index (χ2v) is 9.01. The number of hydrogen-bond acceptors (Lipinski definition) is 7. The first-order chi connectivity index (χ1) is 15.3. The van der Waals surface area contributed by atoms with Crippen molar-refractivity contribution in [1.29, 1.82) is 0 Å².